The molecule has 0 saturated heterocycles. The highest BCUT2D eigenvalue weighted by molar-refractivity contribution is 9.10. The predicted molar refractivity (Wildman–Crippen MR) is 100 cm³/mol. The van der Waals surface area contributed by atoms with E-state index in [-0.39, 0.29) is 0 Å². The van der Waals surface area contributed by atoms with Gasteiger partial charge in [0.1, 0.15) is 0 Å². The first kappa shape index (κ1) is 19.2. The van der Waals surface area contributed by atoms with Gasteiger partial charge in [-0.1, -0.05) is 72.1 Å². The van der Waals surface area contributed by atoms with E-state index in [1.54, 1.807) is 0 Å². The second-order valence-corrected chi connectivity index (χ2v) is 6.94. The highest BCUT2D eigenvalue weighted by Crippen LogP contribution is 2.16. The molecule has 0 aliphatic heterocycles. The molecule has 2 rings (SSSR count). The van der Waals surface area contributed by atoms with Gasteiger partial charge in [-0.25, -0.2) is 4.89 Å². The molecular formula is C15H15Br3O2S. The van der Waals surface area contributed by atoms with E-state index in [1.807, 2.05) is 36.4 Å². The summed E-state index contributed by atoms with van der Waals surface area (Å²) in [6.07, 6.45) is 0. The van der Waals surface area contributed by atoms with E-state index in [0.29, 0.717) is 0 Å². The van der Waals surface area contributed by atoms with Gasteiger partial charge in [-0.2, -0.15) is 4.33 Å². The van der Waals surface area contributed by atoms with Crippen molar-refractivity contribution in [3.63, 3.8) is 0 Å². The van der Waals surface area contributed by atoms with Crippen molar-refractivity contribution < 1.29 is 9.22 Å². The molecule has 0 aliphatic carbocycles. The van der Waals surface area contributed by atoms with Crippen molar-refractivity contribution >= 4 is 59.8 Å². The average molecular weight is 499 g/mol. The van der Waals surface area contributed by atoms with Crippen molar-refractivity contribution in [3.05, 3.63) is 68.6 Å². The smallest absolute Gasteiger partial charge is 0.0725 e. The van der Waals surface area contributed by atoms with Crippen LogP contribution in [0.2, 0.25) is 0 Å². The highest BCUT2D eigenvalue weighted by Gasteiger charge is 1.93. The average Bonchev–Trinajstić information content (AvgIpc) is 2.51. The Morgan fingerprint density at radius 2 is 1.33 bits per heavy atom. The van der Waals surface area contributed by atoms with E-state index in [1.165, 1.54) is 30.3 Å². The molecule has 6 heteroatoms. The van der Waals surface area contributed by atoms with Crippen molar-refractivity contribution in [2.45, 2.75) is 11.1 Å². The largest absolute Gasteiger partial charge is 0.228 e. The van der Waals surface area contributed by atoms with Crippen LogP contribution in [0.1, 0.15) is 11.1 Å². The fourth-order valence-corrected chi connectivity index (χ4v) is 2.67. The maximum absolute atomic E-state index is 4.67. The molecule has 21 heavy (non-hydrogen) atoms. The minimum absolute atomic E-state index is 0.793. The fraction of sp³-hybridized carbons (Fsp3) is 0.200. The van der Waals surface area contributed by atoms with E-state index in [9.17, 15) is 0 Å². The first-order chi connectivity index (χ1) is 10.2. The molecule has 0 aliphatic rings. The second kappa shape index (κ2) is 11.7. The van der Waals surface area contributed by atoms with Crippen LogP contribution in [-0.2, 0) is 20.3 Å². The van der Waals surface area contributed by atoms with Gasteiger partial charge in [-0.05, 0) is 35.4 Å². The van der Waals surface area contributed by atoms with Gasteiger partial charge in [0.25, 0.3) is 0 Å². The number of benzene rings is 2. The lowest BCUT2D eigenvalue weighted by atomic mass is 10.2. The molecular weight excluding hydrogens is 484 g/mol. The van der Waals surface area contributed by atoms with Crippen molar-refractivity contribution in [1.29, 1.82) is 0 Å². The molecule has 0 saturated carbocycles. The third-order valence-corrected chi connectivity index (χ3v) is 4.71. The van der Waals surface area contributed by atoms with E-state index < -0.39 is 0 Å². The van der Waals surface area contributed by atoms with Crippen LogP contribution in [0.3, 0.4) is 0 Å². The predicted octanol–water partition coefficient (Wildman–Crippen LogP) is 6.52. The number of alkyl halides is 1. The van der Waals surface area contributed by atoms with Gasteiger partial charge < -0.3 is 0 Å². The van der Waals surface area contributed by atoms with Crippen LogP contribution in [0, 0.1) is 0 Å². The van der Waals surface area contributed by atoms with Crippen LogP contribution in [0.25, 0.3) is 0 Å². The zero-order valence-electron chi connectivity index (χ0n) is 11.4. The molecule has 0 spiro atoms. The van der Waals surface area contributed by atoms with Crippen LogP contribution >= 0.6 is 59.8 Å². The van der Waals surface area contributed by atoms with E-state index in [4.69, 9.17) is 0 Å². The van der Waals surface area contributed by atoms with Gasteiger partial charge in [-0.15, -0.1) is 0 Å². The molecule has 2 aromatic rings. The summed E-state index contributed by atoms with van der Waals surface area (Å²) >= 11 is 11.4. The van der Waals surface area contributed by atoms with Crippen LogP contribution in [0.4, 0.5) is 0 Å². The molecule has 0 aromatic heterocycles. The summed E-state index contributed by atoms with van der Waals surface area (Å²) in [7, 11) is 1.49. The monoisotopic (exact) mass is 496 g/mol. The molecule has 2 aromatic carbocycles. The third-order valence-electron chi connectivity index (χ3n) is 2.32. The molecule has 0 unspecified atom stereocenters. The molecule has 0 N–H and O–H groups in total. The Hall–Kier alpha value is 0.150. The number of halogens is 3. The highest BCUT2D eigenvalue weighted by atomic mass is 79.9. The van der Waals surface area contributed by atoms with E-state index >= 15 is 0 Å². The summed E-state index contributed by atoms with van der Waals surface area (Å²) in [4.78, 5) is 4.44. The standard InChI is InChI=1S/C8H9BrO2S.C7H6Br2/c1-10-11-12-6-7-2-4-8(9)5-3-7;8-5-6-1-3-7(9)4-2-6/h2-5H,6H2,1H3;1-4H,5H2. The van der Waals surface area contributed by atoms with Gasteiger partial charge in [-0.3, -0.25) is 0 Å². The Kier molecular flexibility index (Phi) is 10.7. The number of hydrogen-bond donors (Lipinski definition) is 0. The van der Waals surface area contributed by atoms with Crippen molar-refractivity contribution in [2.75, 3.05) is 7.11 Å². The molecule has 0 atom stereocenters. The van der Waals surface area contributed by atoms with Gasteiger partial charge in [0.05, 0.1) is 7.11 Å². The quantitative estimate of drug-likeness (QED) is 0.154. The summed E-state index contributed by atoms with van der Waals surface area (Å²) in [6, 6.07) is 16.3. The molecule has 114 valence electrons. The molecule has 2 nitrogen and oxygen atoms in total. The Morgan fingerprint density at radius 3 is 1.76 bits per heavy atom. The number of rotatable bonds is 5. The first-order valence-electron chi connectivity index (χ1n) is 6.03. The van der Waals surface area contributed by atoms with Gasteiger partial charge in [0.2, 0.25) is 0 Å². The zero-order chi connectivity index (χ0) is 15.5. The SMILES string of the molecule is BrCc1ccc(Br)cc1.COOSCc1ccc(Br)cc1. The Balaban J connectivity index is 0.000000219. The van der Waals surface area contributed by atoms with Gasteiger partial charge in [0.15, 0.2) is 0 Å². The summed E-state index contributed by atoms with van der Waals surface area (Å²) in [5.41, 5.74) is 2.51. The summed E-state index contributed by atoms with van der Waals surface area (Å²) in [5.74, 6) is 0.793. The lowest BCUT2D eigenvalue weighted by molar-refractivity contribution is -0.160. The lowest BCUT2D eigenvalue weighted by Crippen LogP contribution is -1.82. The maximum atomic E-state index is 4.67. The van der Waals surface area contributed by atoms with E-state index in [0.717, 1.165) is 20.0 Å². The Labute approximate surface area is 155 Å². The number of hydrogen-bond acceptors (Lipinski definition) is 3. The zero-order valence-corrected chi connectivity index (χ0v) is 17.0. The van der Waals surface area contributed by atoms with Crippen LogP contribution in [-0.4, -0.2) is 7.11 Å². The lowest BCUT2D eigenvalue weighted by Gasteiger charge is -1.99. The van der Waals surface area contributed by atoms with Gasteiger partial charge >= 0.3 is 0 Å². The van der Waals surface area contributed by atoms with Gasteiger partial charge in [0, 0.05) is 32.1 Å². The summed E-state index contributed by atoms with van der Waals surface area (Å²) in [6.45, 7) is 0. The molecule has 0 amide bonds. The van der Waals surface area contributed by atoms with Crippen molar-refractivity contribution in [3.8, 4) is 0 Å². The van der Waals surface area contributed by atoms with E-state index in [2.05, 4.69) is 69.1 Å². The first-order valence-corrected chi connectivity index (χ1v) is 9.64. The fourth-order valence-electron chi connectivity index (χ4n) is 1.29. The molecule has 0 radical (unpaired) electrons. The maximum Gasteiger partial charge on any atom is 0.0725 e. The molecule has 0 bridgehead atoms. The molecule has 0 heterocycles. The van der Waals surface area contributed by atoms with Crippen LogP contribution < -0.4 is 0 Å². The molecule has 0 fully saturated rings. The second-order valence-electron chi connectivity index (χ2n) is 3.88. The minimum atomic E-state index is 0.793. The minimum Gasteiger partial charge on any atom is -0.228 e. The van der Waals surface area contributed by atoms with Crippen LogP contribution in [0.15, 0.2) is 57.5 Å². The Bertz CT molecular complexity index is 503. The van der Waals surface area contributed by atoms with Crippen molar-refractivity contribution in [1.82, 2.24) is 0 Å². The summed E-state index contributed by atoms with van der Waals surface area (Å²) < 4.78 is 6.89. The normalized spacial score (nSPS) is 9.90. The van der Waals surface area contributed by atoms with Crippen molar-refractivity contribution in [2.24, 2.45) is 0 Å². The topological polar surface area (TPSA) is 18.5 Å². The Morgan fingerprint density at radius 1 is 0.857 bits per heavy atom. The third kappa shape index (κ3) is 9.01. The summed E-state index contributed by atoms with van der Waals surface area (Å²) in [5, 5.41) is 0.931. The van der Waals surface area contributed by atoms with Crippen LogP contribution in [0.5, 0.6) is 0 Å².